The molecule has 0 saturated carbocycles. The summed E-state index contributed by atoms with van der Waals surface area (Å²) >= 11 is 1.54. The first-order valence-corrected chi connectivity index (χ1v) is 10.5. The highest BCUT2D eigenvalue weighted by molar-refractivity contribution is 7.15. The van der Waals surface area contributed by atoms with Crippen molar-refractivity contribution in [3.8, 4) is 0 Å². The van der Waals surface area contributed by atoms with Gasteiger partial charge in [0.25, 0.3) is 0 Å². The van der Waals surface area contributed by atoms with Gasteiger partial charge in [0.15, 0.2) is 5.13 Å². The fourth-order valence-corrected chi connectivity index (χ4v) is 5.48. The summed E-state index contributed by atoms with van der Waals surface area (Å²) in [5, 5.41) is 0.584. The van der Waals surface area contributed by atoms with E-state index in [1.54, 1.807) is 11.3 Å². The van der Waals surface area contributed by atoms with Crippen molar-refractivity contribution in [1.82, 2.24) is 19.4 Å². The number of piperidine rings is 1. The van der Waals surface area contributed by atoms with Gasteiger partial charge < -0.3 is 15.2 Å². The lowest BCUT2D eigenvalue weighted by molar-refractivity contribution is -0.134. The summed E-state index contributed by atoms with van der Waals surface area (Å²) in [6.07, 6.45) is 6.92. The Morgan fingerprint density at radius 3 is 3.04 bits per heavy atom. The predicted molar refractivity (Wildman–Crippen MR) is 107 cm³/mol. The van der Waals surface area contributed by atoms with Gasteiger partial charge in [0, 0.05) is 18.0 Å². The summed E-state index contributed by atoms with van der Waals surface area (Å²) in [4.78, 5) is 25.6. The lowest BCUT2D eigenvalue weighted by Crippen LogP contribution is -2.43. The average Bonchev–Trinajstić information content (AvgIpc) is 3.30. The maximum Gasteiger partial charge on any atom is 0.231 e. The maximum absolute atomic E-state index is 13.3. The second kappa shape index (κ2) is 6.64. The van der Waals surface area contributed by atoms with Gasteiger partial charge in [-0.3, -0.25) is 4.79 Å². The Morgan fingerprint density at radius 1 is 1.22 bits per heavy atom. The molecule has 0 radical (unpaired) electrons. The van der Waals surface area contributed by atoms with Crippen LogP contribution in [0, 0.1) is 0 Å². The number of fused-ring (bicyclic) bond motifs is 2. The Morgan fingerprint density at radius 2 is 2.11 bits per heavy atom. The number of nitrogens with zero attached hydrogens (tertiary/aromatic N) is 4. The summed E-state index contributed by atoms with van der Waals surface area (Å²) in [7, 11) is 0. The van der Waals surface area contributed by atoms with Crippen LogP contribution in [0.4, 0.5) is 5.13 Å². The molecule has 6 nitrogen and oxygen atoms in total. The molecular formula is C20H23N5OS. The topological polar surface area (TPSA) is 77.0 Å². The van der Waals surface area contributed by atoms with E-state index in [1.165, 1.54) is 4.88 Å². The standard InChI is InChI=1S/C20H23N5OS/c21-20-23-18-14(6-3-9-17(18)27-20)19(26)24-10-4-5-13(11-24)25-12-22-15-7-1-2-8-16(15)25/h1-2,7-8,12-14H,3-6,9-11H2,(H2,21,23). The van der Waals surface area contributed by atoms with E-state index in [9.17, 15) is 4.79 Å². The number of aryl methyl sites for hydroxylation is 1. The van der Waals surface area contributed by atoms with Crippen molar-refractivity contribution >= 4 is 33.4 Å². The zero-order valence-corrected chi connectivity index (χ0v) is 16.0. The lowest BCUT2D eigenvalue weighted by atomic mass is 9.89. The zero-order chi connectivity index (χ0) is 18.4. The molecule has 27 heavy (non-hydrogen) atoms. The third-order valence-electron chi connectivity index (χ3n) is 5.85. The molecule has 3 aromatic rings. The first-order valence-electron chi connectivity index (χ1n) is 9.66. The first-order chi connectivity index (χ1) is 13.2. The number of hydrogen-bond acceptors (Lipinski definition) is 5. The molecule has 5 rings (SSSR count). The first kappa shape index (κ1) is 16.7. The van der Waals surface area contributed by atoms with E-state index in [0.717, 1.165) is 61.9 Å². The van der Waals surface area contributed by atoms with E-state index in [2.05, 4.69) is 20.6 Å². The largest absolute Gasteiger partial charge is 0.375 e. The van der Waals surface area contributed by atoms with E-state index in [-0.39, 0.29) is 17.9 Å². The van der Waals surface area contributed by atoms with Crippen LogP contribution in [-0.2, 0) is 11.2 Å². The van der Waals surface area contributed by atoms with Gasteiger partial charge in [0.2, 0.25) is 5.91 Å². The van der Waals surface area contributed by atoms with Crippen LogP contribution in [0.3, 0.4) is 0 Å². The van der Waals surface area contributed by atoms with Crippen molar-refractivity contribution < 1.29 is 4.79 Å². The number of nitrogen functional groups attached to an aromatic ring is 1. The molecule has 2 atom stereocenters. The van der Waals surface area contributed by atoms with Gasteiger partial charge in [-0.2, -0.15) is 0 Å². The highest BCUT2D eigenvalue weighted by Crippen LogP contribution is 2.37. The highest BCUT2D eigenvalue weighted by Gasteiger charge is 2.35. The number of para-hydroxylation sites is 2. The predicted octanol–water partition coefficient (Wildman–Crippen LogP) is 3.36. The number of carbonyl (C=O) groups excluding carboxylic acids is 1. The number of thiazole rings is 1. The average molecular weight is 382 g/mol. The minimum Gasteiger partial charge on any atom is -0.375 e. The molecule has 7 heteroatoms. The van der Waals surface area contributed by atoms with Crippen LogP contribution in [0.25, 0.3) is 11.0 Å². The fourth-order valence-electron chi connectivity index (χ4n) is 4.55. The van der Waals surface area contributed by atoms with Crippen LogP contribution in [-0.4, -0.2) is 38.4 Å². The molecule has 1 aliphatic heterocycles. The summed E-state index contributed by atoms with van der Waals surface area (Å²) in [6.45, 7) is 1.57. The number of benzene rings is 1. The van der Waals surface area contributed by atoms with Crippen molar-refractivity contribution in [2.75, 3.05) is 18.8 Å². The van der Waals surface area contributed by atoms with Gasteiger partial charge in [-0.25, -0.2) is 9.97 Å². The number of rotatable bonds is 2. The van der Waals surface area contributed by atoms with Gasteiger partial charge in [-0.15, -0.1) is 11.3 Å². The molecule has 140 valence electrons. The molecule has 1 saturated heterocycles. The van der Waals surface area contributed by atoms with Crippen LogP contribution >= 0.6 is 11.3 Å². The zero-order valence-electron chi connectivity index (χ0n) is 15.2. The van der Waals surface area contributed by atoms with E-state index < -0.39 is 0 Å². The number of hydrogen-bond donors (Lipinski definition) is 1. The van der Waals surface area contributed by atoms with Crippen LogP contribution in [0.1, 0.15) is 48.2 Å². The number of amides is 1. The molecule has 2 aromatic heterocycles. The van der Waals surface area contributed by atoms with Crippen LogP contribution < -0.4 is 5.73 Å². The molecule has 0 bridgehead atoms. The van der Waals surface area contributed by atoms with Gasteiger partial charge in [0.1, 0.15) is 0 Å². The molecule has 1 fully saturated rings. The third-order valence-corrected chi connectivity index (χ3v) is 6.81. The number of imidazole rings is 1. The lowest BCUT2D eigenvalue weighted by Gasteiger charge is -2.36. The highest BCUT2D eigenvalue weighted by atomic mass is 32.1. The summed E-state index contributed by atoms with van der Waals surface area (Å²) in [6, 6.07) is 8.47. The molecule has 2 N–H and O–H groups in total. The van der Waals surface area contributed by atoms with Crippen LogP contribution in [0.5, 0.6) is 0 Å². The Labute approximate surface area is 162 Å². The summed E-state index contributed by atoms with van der Waals surface area (Å²) < 4.78 is 2.24. The van der Waals surface area contributed by atoms with Gasteiger partial charge in [-0.1, -0.05) is 12.1 Å². The summed E-state index contributed by atoms with van der Waals surface area (Å²) in [5.41, 5.74) is 9.00. The van der Waals surface area contributed by atoms with Crippen molar-refractivity contribution in [2.24, 2.45) is 0 Å². The summed E-state index contributed by atoms with van der Waals surface area (Å²) in [5.74, 6) is 0.0935. The van der Waals surface area contributed by atoms with Crippen molar-refractivity contribution in [3.63, 3.8) is 0 Å². The number of carbonyl (C=O) groups is 1. The van der Waals surface area contributed by atoms with Crippen molar-refractivity contribution in [2.45, 2.75) is 44.1 Å². The quantitative estimate of drug-likeness (QED) is 0.738. The molecular weight excluding hydrogens is 358 g/mol. The minimum atomic E-state index is -0.124. The van der Waals surface area contributed by atoms with Crippen molar-refractivity contribution in [1.29, 1.82) is 0 Å². The molecule has 1 aliphatic carbocycles. The number of nitrogens with two attached hydrogens (primary N) is 1. The SMILES string of the molecule is Nc1nc2c(s1)CCCC2C(=O)N1CCCC(n2cnc3ccccc32)C1. The van der Waals surface area contributed by atoms with Gasteiger partial charge in [0.05, 0.1) is 35.0 Å². The normalized spacial score (nSPS) is 22.7. The molecule has 0 spiro atoms. The Balaban J connectivity index is 1.39. The van der Waals surface area contributed by atoms with E-state index in [0.29, 0.717) is 5.13 Å². The van der Waals surface area contributed by atoms with E-state index in [4.69, 9.17) is 5.73 Å². The van der Waals surface area contributed by atoms with Crippen LogP contribution in [0.2, 0.25) is 0 Å². The number of aromatic nitrogens is 3. The number of anilines is 1. The number of likely N-dealkylation sites (tertiary alicyclic amines) is 1. The molecule has 3 heterocycles. The smallest absolute Gasteiger partial charge is 0.231 e. The monoisotopic (exact) mass is 381 g/mol. The second-order valence-electron chi connectivity index (χ2n) is 7.53. The molecule has 1 aromatic carbocycles. The van der Waals surface area contributed by atoms with Gasteiger partial charge in [-0.05, 0) is 44.2 Å². The van der Waals surface area contributed by atoms with E-state index >= 15 is 0 Å². The molecule has 2 aliphatic rings. The van der Waals surface area contributed by atoms with E-state index in [1.807, 2.05) is 29.4 Å². The third kappa shape index (κ3) is 2.90. The van der Waals surface area contributed by atoms with Crippen LogP contribution in [0.15, 0.2) is 30.6 Å². The molecule has 1 amide bonds. The second-order valence-corrected chi connectivity index (χ2v) is 8.64. The Kier molecular flexibility index (Phi) is 4.11. The fraction of sp³-hybridized carbons (Fsp3) is 0.450. The minimum absolute atomic E-state index is 0.124. The molecule has 2 unspecified atom stereocenters. The Bertz CT molecular complexity index is 993. The van der Waals surface area contributed by atoms with Gasteiger partial charge >= 0.3 is 0 Å². The Hall–Kier alpha value is -2.41. The van der Waals surface area contributed by atoms with Crippen molar-refractivity contribution in [3.05, 3.63) is 41.2 Å². The maximum atomic E-state index is 13.3.